The predicted octanol–water partition coefficient (Wildman–Crippen LogP) is 2.25. The summed E-state index contributed by atoms with van der Waals surface area (Å²) < 4.78 is 0. The van der Waals surface area contributed by atoms with Crippen LogP contribution in [0.25, 0.3) is 0 Å². The van der Waals surface area contributed by atoms with Crippen molar-refractivity contribution in [2.24, 2.45) is 0 Å². The molecule has 1 aliphatic rings. The molecule has 1 fully saturated rings. The normalized spacial score (nSPS) is 23.6. The Morgan fingerprint density at radius 2 is 2.07 bits per heavy atom. The van der Waals surface area contributed by atoms with Crippen LogP contribution in [0.4, 0.5) is 0 Å². The quantitative estimate of drug-likeness (QED) is 0.704. The van der Waals surface area contributed by atoms with Crippen molar-refractivity contribution in [3.63, 3.8) is 0 Å². The number of nitrogens with zero attached hydrogens (tertiary/aromatic N) is 1. The van der Waals surface area contributed by atoms with E-state index in [9.17, 15) is 0 Å². The Balaban J connectivity index is 2.08. The van der Waals surface area contributed by atoms with Crippen LogP contribution in [-0.4, -0.2) is 36.6 Å². The van der Waals surface area contributed by atoms with Gasteiger partial charge in [0.1, 0.15) is 0 Å². The first-order chi connectivity index (χ1) is 6.77. The van der Waals surface area contributed by atoms with Gasteiger partial charge in [-0.15, -0.1) is 0 Å². The van der Waals surface area contributed by atoms with Gasteiger partial charge in [0.25, 0.3) is 0 Å². The fourth-order valence-electron chi connectivity index (χ4n) is 2.31. The molecule has 0 aromatic carbocycles. The molecule has 0 aromatic rings. The SMILES string of the molecule is CCC(CC)NCCN1CCCC1C. The molecule has 1 heterocycles. The molecule has 1 rings (SSSR count). The Labute approximate surface area is 89.1 Å². The van der Waals surface area contributed by atoms with Gasteiger partial charge in [0.15, 0.2) is 0 Å². The zero-order valence-electron chi connectivity index (χ0n) is 10.1. The van der Waals surface area contributed by atoms with Crippen LogP contribution >= 0.6 is 0 Å². The lowest BCUT2D eigenvalue weighted by Crippen LogP contribution is -2.38. The second-order valence-corrected chi connectivity index (χ2v) is 4.49. The van der Waals surface area contributed by atoms with Crippen LogP contribution < -0.4 is 5.32 Å². The largest absolute Gasteiger partial charge is 0.313 e. The highest BCUT2D eigenvalue weighted by atomic mass is 15.2. The van der Waals surface area contributed by atoms with Crippen LogP contribution in [0, 0.1) is 0 Å². The third-order valence-electron chi connectivity index (χ3n) is 3.51. The van der Waals surface area contributed by atoms with Gasteiger partial charge in [-0.05, 0) is 39.2 Å². The number of hydrogen-bond acceptors (Lipinski definition) is 2. The molecule has 0 saturated carbocycles. The molecule has 0 aliphatic carbocycles. The Morgan fingerprint density at radius 3 is 2.57 bits per heavy atom. The molecule has 0 aromatic heterocycles. The first-order valence-corrected chi connectivity index (χ1v) is 6.25. The van der Waals surface area contributed by atoms with Gasteiger partial charge in [0, 0.05) is 25.2 Å². The number of nitrogens with one attached hydrogen (secondary N) is 1. The topological polar surface area (TPSA) is 15.3 Å². The van der Waals surface area contributed by atoms with E-state index in [4.69, 9.17) is 0 Å². The van der Waals surface area contributed by atoms with Crippen molar-refractivity contribution in [3.8, 4) is 0 Å². The molecule has 0 bridgehead atoms. The predicted molar refractivity (Wildman–Crippen MR) is 62.6 cm³/mol. The van der Waals surface area contributed by atoms with E-state index in [1.807, 2.05) is 0 Å². The summed E-state index contributed by atoms with van der Waals surface area (Å²) in [7, 11) is 0. The lowest BCUT2D eigenvalue weighted by atomic mass is 10.2. The lowest BCUT2D eigenvalue weighted by Gasteiger charge is -2.22. The molecule has 0 amide bonds. The first-order valence-electron chi connectivity index (χ1n) is 6.25. The Bertz CT molecular complexity index is 143. The Hall–Kier alpha value is -0.0800. The second-order valence-electron chi connectivity index (χ2n) is 4.49. The van der Waals surface area contributed by atoms with E-state index in [-0.39, 0.29) is 0 Å². The Morgan fingerprint density at radius 1 is 1.36 bits per heavy atom. The van der Waals surface area contributed by atoms with Crippen LogP contribution in [0.5, 0.6) is 0 Å². The van der Waals surface area contributed by atoms with Gasteiger partial charge in [-0.2, -0.15) is 0 Å². The van der Waals surface area contributed by atoms with Crippen molar-refractivity contribution < 1.29 is 0 Å². The summed E-state index contributed by atoms with van der Waals surface area (Å²) in [5, 5.41) is 3.62. The summed E-state index contributed by atoms with van der Waals surface area (Å²) in [6.07, 6.45) is 5.30. The van der Waals surface area contributed by atoms with E-state index < -0.39 is 0 Å². The van der Waals surface area contributed by atoms with Gasteiger partial charge in [0.2, 0.25) is 0 Å². The van der Waals surface area contributed by atoms with Crippen LogP contribution in [0.1, 0.15) is 46.5 Å². The fourth-order valence-corrected chi connectivity index (χ4v) is 2.31. The maximum absolute atomic E-state index is 3.62. The van der Waals surface area contributed by atoms with Crippen LogP contribution in [0.2, 0.25) is 0 Å². The summed E-state index contributed by atoms with van der Waals surface area (Å²) >= 11 is 0. The zero-order valence-corrected chi connectivity index (χ0v) is 10.1. The average Bonchev–Trinajstić information content (AvgIpc) is 2.59. The maximum atomic E-state index is 3.62. The molecular formula is C12H26N2. The number of rotatable bonds is 6. The summed E-state index contributed by atoms with van der Waals surface area (Å²) in [6.45, 7) is 10.6. The molecule has 0 radical (unpaired) electrons. The molecule has 1 atom stereocenters. The highest BCUT2D eigenvalue weighted by molar-refractivity contribution is 4.76. The fraction of sp³-hybridized carbons (Fsp3) is 1.00. The van der Waals surface area contributed by atoms with Gasteiger partial charge in [-0.25, -0.2) is 0 Å². The minimum Gasteiger partial charge on any atom is -0.313 e. The monoisotopic (exact) mass is 198 g/mol. The summed E-state index contributed by atoms with van der Waals surface area (Å²) in [5.41, 5.74) is 0. The third kappa shape index (κ3) is 3.58. The highest BCUT2D eigenvalue weighted by Gasteiger charge is 2.19. The molecule has 1 N–H and O–H groups in total. The summed E-state index contributed by atoms with van der Waals surface area (Å²) in [5.74, 6) is 0. The minimum atomic E-state index is 0.730. The molecule has 1 saturated heterocycles. The van der Waals surface area contributed by atoms with Gasteiger partial charge < -0.3 is 5.32 Å². The molecule has 14 heavy (non-hydrogen) atoms. The van der Waals surface area contributed by atoms with E-state index in [1.54, 1.807) is 0 Å². The van der Waals surface area contributed by atoms with Gasteiger partial charge in [-0.1, -0.05) is 13.8 Å². The summed E-state index contributed by atoms with van der Waals surface area (Å²) in [4.78, 5) is 2.61. The first kappa shape index (κ1) is 12.0. The van der Waals surface area contributed by atoms with Crippen LogP contribution in [-0.2, 0) is 0 Å². The molecule has 0 spiro atoms. The van der Waals surface area contributed by atoms with Gasteiger partial charge >= 0.3 is 0 Å². The number of hydrogen-bond donors (Lipinski definition) is 1. The zero-order chi connectivity index (χ0) is 10.4. The second kappa shape index (κ2) is 6.41. The van der Waals surface area contributed by atoms with Crippen molar-refractivity contribution in [3.05, 3.63) is 0 Å². The van der Waals surface area contributed by atoms with Crippen molar-refractivity contribution in [1.82, 2.24) is 10.2 Å². The Kier molecular flexibility index (Phi) is 5.49. The smallest absolute Gasteiger partial charge is 0.0110 e. The summed E-state index contributed by atoms with van der Waals surface area (Å²) in [6, 6.07) is 1.55. The van der Waals surface area contributed by atoms with E-state index in [0.717, 1.165) is 18.6 Å². The number of likely N-dealkylation sites (tertiary alicyclic amines) is 1. The van der Waals surface area contributed by atoms with Crippen molar-refractivity contribution in [2.45, 2.75) is 58.5 Å². The highest BCUT2D eigenvalue weighted by Crippen LogP contribution is 2.15. The van der Waals surface area contributed by atoms with E-state index in [0.29, 0.717) is 0 Å². The van der Waals surface area contributed by atoms with E-state index in [2.05, 4.69) is 31.0 Å². The molecule has 84 valence electrons. The molecular weight excluding hydrogens is 172 g/mol. The lowest BCUT2D eigenvalue weighted by molar-refractivity contribution is 0.262. The van der Waals surface area contributed by atoms with Gasteiger partial charge in [-0.3, -0.25) is 4.90 Å². The standard InChI is InChI=1S/C12H26N2/c1-4-12(5-2)13-8-10-14-9-6-7-11(14)3/h11-13H,4-10H2,1-3H3. The van der Waals surface area contributed by atoms with Crippen molar-refractivity contribution in [1.29, 1.82) is 0 Å². The minimum absolute atomic E-state index is 0.730. The van der Waals surface area contributed by atoms with Crippen LogP contribution in [0.15, 0.2) is 0 Å². The molecule has 1 aliphatic heterocycles. The van der Waals surface area contributed by atoms with Gasteiger partial charge in [0.05, 0.1) is 0 Å². The van der Waals surface area contributed by atoms with E-state index in [1.165, 1.54) is 38.8 Å². The average molecular weight is 198 g/mol. The van der Waals surface area contributed by atoms with E-state index >= 15 is 0 Å². The van der Waals surface area contributed by atoms with Crippen molar-refractivity contribution >= 4 is 0 Å². The third-order valence-corrected chi connectivity index (χ3v) is 3.51. The molecule has 1 unspecified atom stereocenters. The van der Waals surface area contributed by atoms with Crippen LogP contribution in [0.3, 0.4) is 0 Å². The molecule has 2 heteroatoms. The van der Waals surface area contributed by atoms with Crippen molar-refractivity contribution in [2.75, 3.05) is 19.6 Å². The molecule has 2 nitrogen and oxygen atoms in total. The maximum Gasteiger partial charge on any atom is 0.0110 e.